The molecule has 0 atom stereocenters. The molecule has 0 aromatic heterocycles. The van der Waals surface area contributed by atoms with E-state index >= 15 is 0 Å². The van der Waals surface area contributed by atoms with Crippen molar-refractivity contribution < 1.29 is 41.0 Å². The fraction of sp³-hybridized carbons (Fsp3) is 0.391. The maximum absolute atomic E-state index is 13.2. The van der Waals surface area contributed by atoms with Gasteiger partial charge in [0, 0.05) is 49.9 Å². The highest BCUT2D eigenvalue weighted by Gasteiger charge is 2.38. The van der Waals surface area contributed by atoms with Gasteiger partial charge in [0.15, 0.2) is 0 Å². The zero-order valence-corrected chi connectivity index (χ0v) is 21.4. The van der Waals surface area contributed by atoms with E-state index in [1.807, 2.05) is 24.3 Å². The molecule has 1 heterocycles. The number of carboxylic acids is 1. The molecule has 0 spiro atoms. The number of benzene rings is 2. The maximum Gasteiger partial charge on any atom is 0.490 e. The third kappa shape index (κ3) is 9.84. The van der Waals surface area contributed by atoms with Gasteiger partial charge in [0.2, 0.25) is 10.0 Å². The molecule has 1 saturated heterocycles. The van der Waals surface area contributed by atoms with Crippen molar-refractivity contribution in [2.45, 2.75) is 12.7 Å². The number of amides is 1. The summed E-state index contributed by atoms with van der Waals surface area (Å²) in [4.78, 5) is 23.6. The maximum atomic E-state index is 13.2. The summed E-state index contributed by atoms with van der Waals surface area (Å²) in [6, 6.07) is 14.0. The van der Waals surface area contributed by atoms with E-state index in [0.717, 1.165) is 5.56 Å². The zero-order chi connectivity index (χ0) is 27.6. The number of sulfonamides is 1. The predicted molar refractivity (Wildman–Crippen MR) is 131 cm³/mol. The number of piperazine rings is 1. The number of aliphatic carboxylic acids is 1. The Morgan fingerprint density at radius 3 is 2.32 bits per heavy atom. The molecule has 0 unspecified atom stereocenters. The number of rotatable bonds is 8. The molecule has 3 rings (SSSR count). The van der Waals surface area contributed by atoms with Gasteiger partial charge in [0.25, 0.3) is 5.91 Å². The van der Waals surface area contributed by atoms with Crippen LogP contribution in [0.25, 0.3) is 0 Å². The van der Waals surface area contributed by atoms with Crippen LogP contribution >= 0.6 is 11.6 Å². The number of halogens is 4. The molecule has 9 nitrogen and oxygen atoms in total. The van der Waals surface area contributed by atoms with Gasteiger partial charge in [-0.1, -0.05) is 29.8 Å². The van der Waals surface area contributed by atoms with Gasteiger partial charge in [-0.05, 0) is 35.9 Å². The van der Waals surface area contributed by atoms with Crippen LogP contribution in [0.4, 0.5) is 13.2 Å². The standard InChI is InChI=1S/C21H26ClN3O4S.C2HF3O2/c1-29-20-7-2-4-17(14-20)16-24(21(26)18-5-3-6-19(22)15-18)12-13-30(27,28)25-10-8-23-9-11-25;3-2(4,5)1(6)7/h2-7,14-15,23H,8-13,16H2,1H3;(H,6,7). The van der Waals surface area contributed by atoms with Crippen LogP contribution in [0.2, 0.25) is 5.02 Å². The number of carboxylic acid groups (broad SMARTS) is 1. The van der Waals surface area contributed by atoms with E-state index in [9.17, 15) is 26.4 Å². The number of carbonyl (C=O) groups is 2. The minimum absolute atomic E-state index is 0.0782. The molecule has 2 aromatic rings. The van der Waals surface area contributed by atoms with Gasteiger partial charge in [-0.3, -0.25) is 4.79 Å². The molecule has 0 saturated carbocycles. The molecule has 1 aliphatic heterocycles. The molecule has 204 valence electrons. The number of methoxy groups -OCH3 is 1. The van der Waals surface area contributed by atoms with E-state index < -0.39 is 22.2 Å². The lowest BCUT2D eigenvalue weighted by atomic mass is 10.1. The van der Waals surface area contributed by atoms with Crippen molar-refractivity contribution in [3.63, 3.8) is 0 Å². The van der Waals surface area contributed by atoms with E-state index in [-0.39, 0.29) is 24.7 Å². The first-order valence-electron chi connectivity index (χ1n) is 11.0. The van der Waals surface area contributed by atoms with Crippen molar-refractivity contribution in [2.75, 3.05) is 45.6 Å². The SMILES string of the molecule is COc1cccc(CN(CCS(=O)(=O)N2CCNCC2)C(=O)c2cccc(Cl)c2)c1.O=C(O)C(F)(F)F. The van der Waals surface area contributed by atoms with Gasteiger partial charge in [-0.2, -0.15) is 17.5 Å². The van der Waals surface area contributed by atoms with Crippen molar-refractivity contribution >= 4 is 33.5 Å². The highest BCUT2D eigenvalue weighted by molar-refractivity contribution is 7.89. The number of hydrogen-bond acceptors (Lipinski definition) is 6. The number of hydrogen-bond donors (Lipinski definition) is 2. The lowest BCUT2D eigenvalue weighted by Crippen LogP contribution is -2.48. The Morgan fingerprint density at radius 2 is 1.76 bits per heavy atom. The molecule has 2 aromatic carbocycles. The molecule has 0 radical (unpaired) electrons. The molecule has 14 heteroatoms. The molecular formula is C23H27ClF3N3O6S. The van der Waals surface area contributed by atoms with E-state index in [0.29, 0.717) is 42.5 Å². The minimum atomic E-state index is -5.08. The van der Waals surface area contributed by atoms with Crippen LogP contribution in [-0.2, 0) is 21.4 Å². The lowest BCUT2D eigenvalue weighted by molar-refractivity contribution is -0.192. The predicted octanol–water partition coefficient (Wildman–Crippen LogP) is 2.86. The zero-order valence-electron chi connectivity index (χ0n) is 19.9. The van der Waals surface area contributed by atoms with Crippen molar-refractivity contribution in [1.29, 1.82) is 0 Å². The summed E-state index contributed by atoms with van der Waals surface area (Å²) in [6.07, 6.45) is -5.08. The first kappa shape index (κ1) is 30.4. The van der Waals surface area contributed by atoms with E-state index in [4.69, 9.17) is 26.2 Å². The number of nitrogens with zero attached hydrogens (tertiary/aromatic N) is 2. The van der Waals surface area contributed by atoms with Gasteiger partial charge in [-0.25, -0.2) is 13.2 Å². The van der Waals surface area contributed by atoms with Crippen LogP contribution in [0.3, 0.4) is 0 Å². The molecule has 2 N–H and O–H groups in total. The fourth-order valence-electron chi connectivity index (χ4n) is 3.32. The second-order valence-corrected chi connectivity index (χ2v) is 10.4. The Balaban J connectivity index is 0.000000604. The van der Waals surface area contributed by atoms with E-state index in [1.54, 1.807) is 36.3 Å². The Morgan fingerprint density at radius 1 is 1.14 bits per heavy atom. The van der Waals surface area contributed by atoms with Gasteiger partial charge in [-0.15, -0.1) is 0 Å². The average Bonchev–Trinajstić information content (AvgIpc) is 2.86. The van der Waals surface area contributed by atoms with Crippen molar-refractivity contribution in [2.24, 2.45) is 0 Å². The van der Waals surface area contributed by atoms with Crippen LogP contribution < -0.4 is 10.1 Å². The molecule has 0 aliphatic carbocycles. The van der Waals surface area contributed by atoms with Gasteiger partial charge >= 0.3 is 12.1 Å². The average molecular weight is 566 g/mol. The summed E-state index contributed by atoms with van der Waals surface area (Å²) < 4.78 is 64.0. The summed E-state index contributed by atoms with van der Waals surface area (Å²) in [5.41, 5.74) is 1.27. The van der Waals surface area contributed by atoms with Crippen LogP contribution in [0, 0.1) is 0 Å². The van der Waals surface area contributed by atoms with E-state index in [1.165, 1.54) is 4.31 Å². The Bertz CT molecular complexity index is 1170. The number of nitrogens with one attached hydrogen (secondary N) is 1. The summed E-state index contributed by atoms with van der Waals surface area (Å²) in [5.74, 6) is -2.48. The van der Waals surface area contributed by atoms with Gasteiger partial charge in [0.1, 0.15) is 5.75 Å². The highest BCUT2D eigenvalue weighted by atomic mass is 35.5. The molecule has 1 fully saturated rings. The summed E-state index contributed by atoms with van der Waals surface area (Å²) in [5, 5.41) is 10.7. The number of alkyl halides is 3. The topological polar surface area (TPSA) is 116 Å². The third-order valence-corrected chi connectivity index (χ3v) is 7.28. The first-order chi connectivity index (χ1) is 17.3. The smallest absolute Gasteiger partial charge is 0.490 e. The van der Waals surface area contributed by atoms with Gasteiger partial charge < -0.3 is 20.1 Å². The normalized spacial score (nSPS) is 14.3. The monoisotopic (exact) mass is 565 g/mol. The van der Waals surface area contributed by atoms with Crippen LogP contribution in [-0.4, -0.2) is 86.4 Å². The molecule has 37 heavy (non-hydrogen) atoms. The number of carbonyl (C=O) groups excluding carboxylic acids is 1. The molecule has 1 amide bonds. The van der Waals surface area contributed by atoms with Crippen molar-refractivity contribution in [1.82, 2.24) is 14.5 Å². The number of ether oxygens (including phenoxy) is 1. The second kappa shape index (κ2) is 13.6. The molecule has 0 bridgehead atoms. The molecule has 1 aliphatic rings. The van der Waals surface area contributed by atoms with Crippen molar-refractivity contribution in [3.8, 4) is 5.75 Å². The summed E-state index contributed by atoms with van der Waals surface area (Å²) in [6.45, 7) is 2.50. The largest absolute Gasteiger partial charge is 0.497 e. The quantitative estimate of drug-likeness (QED) is 0.505. The summed E-state index contributed by atoms with van der Waals surface area (Å²) in [7, 11) is -1.88. The van der Waals surface area contributed by atoms with Crippen LogP contribution in [0.15, 0.2) is 48.5 Å². The minimum Gasteiger partial charge on any atom is -0.497 e. The van der Waals surface area contributed by atoms with Crippen molar-refractivity contribution in [3.05, 3.63) is 64.7 Å². The second-order valence-electron chi connectivity index (χ2n) is 7.86. The fourth-order valence-corrected chi connectivity index (χ4v) is 4.96. The lowest BCUT2D eigenvalue weighted by Gasteiger charge is -2.28. The first-order valence-corrected chi connectivity index (χ1v) is 13.0. The molecular weight excluding hydrogens is 539 g/mol. The highest BCUT2D eigenvalue weighted by Crippen LogP contribution is 2.18. The third-order valence-electron chi connectivity index (χ3n) is 5.20. The Labute approximate surface area is 217 Å². The van der Waals surface area contributed by atoms with E-state index in [2.05, 4.69) is 5.32 Å². The van der Waals surface area contributed by atoms with Crippen LogP contribution in [0.1, 0.15) is 15.9 Å². The van der Waals surface area contributed by atoms with Crippen LogP contribution in [0.5, 0.6) is 5.75 Å². The van der Waals surface area contributed by atoms with Gasteiger partial charge in [0.05, 0.1) is 12.9 Å². The Kier molecular flexibility index (Phi) is 11.2. The Hall–Kier alpha value is -2.87. The summed E-state index contributed by atoms with van der Waals surface area (Å²) >= 11 is 6.05.